The SMILES string of the molecule is NNC(=S)N(N)c1ccc(OCCCCCC(=O)O)cc1. The van der Waals surface area contributed by atoms with Gasteiger partial charge < -0.3 is 9.84 Å². The third kappa shape index (κ3) is 6.39. The summed E-state index contributed by atoms with van der Waals surface area (Å²) in [4.78, 5) is 10.3. The lowest BCUT2D eigenvalue weighted by molar-refractivity contribution is -0.137. The Kier molecular flexibility index (Phi) is 7.44. The fourth-order valence-electron chi connectivity index (χ4n) is 1.63. The van der Waals surface area contributed by atoms with Crippen molar-refractivity contribution in [2.24, 2.45) is 11.7 Å². The van der Waals surface area contributed by atoms with Gasteiger partial charge in [0.1, 0.15) is 5.75 Å². The fraction of sp³-hybridized carbons (Fsp3) is 0.385. The van der Waals surface area contributed by atoms with Crippen LogP contribution in [0.4, 0.5) is 5.69 Å². The molecule has 0 amide bonds. The maximum atomic E-state index is 10.3. The number of anilines is 1. The Hall–Kier alpha value is -1.90. The Balaban J connectivity index is 2.31. The summed E-state index contributed by atoms with van der Waals surface area (Å²) >= 11 is 4.91. The standard InChI is InChI=1S/C13H20N4O3S/c14-16-13(21)17(15)10-5-7-11(8-6-10)20-9-3-1-2-4-12(18)19/h5-8H,1-4,9,14-15H2,(H,16,21)(H,18,19). The molecule has 0 bridgehead atoms. The molecule has 0 spiro atoms. The van der Waals surface area contributed by atoms with Gasteiger partial charge in [0.2, 0.25) is 5.11 Å². The average Bonchev–Trinajstić information content (AvgIpc) is 2.49. The molecule has 1 aromatic carbocycles. The van der Waals surface area contributed by atoms with Crippen LogP contribution in [0.25, 0.3) is 0 Å². The number of thiocarbonyl (C=S) groups is 1. The summed E-state index contributed by atoms with van der Waals surface area (Å²) in [6, 6.07) is 7.10. The van der Waals surface area contributed by atoms with Crippen LogP contribution in [0.1, 0.15) is 25.7 Å². The maximum absolute atomic E-state index is 10.3. The first-order chi connectivity index (χ1) is 10.0. The number of nitrogens with one attached hydrogen (secondary N) is 1. The first kappa shape index (κ1) is 17.2. The highest BCUT2D eigenvalue weighted by Crippen LogP contribution is 2.18. The van der Waals surface area contributed by atoms with Gasteiger partial charge >= 0.3 is 5.97 Å². The summed E-state index contributed by atoms with van der Waals surface area (Å²) in [6.07, 6.45) is 2.52. The van der Waals surface area contributed by atoms with Crippen LogP contribution in [0.3, 0.4) is 0 Å². The number of carboxylic acid groups (broad SMARTS) is 1. The van der Waals surface area contributed by atoms with Crippen molar-refractivity contribution in [1.29, 1.82) is 0 Å². The van der Waals surface area contributed by atoms with E-state index in [9.17, 15) is 4.79 Å². The molecule has 0 unspecified atom stereocenters. The minimum atomic E-state index is -0.761. The number of nitrogens with zero attached hydrogens (tertiary/aromatic N) is 1. The molecular formula is C13H20N4O3S. The van der Waals surface area contributed by atoms with Crippen molar-refractivity contribution in [3.8, 4) is 5.75 Å². The molecule has 0 heterocycles. The Labute approximate surface area is 128 Å². The molecule has 0 aliphatic heterocycles. The number of carbonyl (C=O) groups is 1. The number of ether oxygens (including phenoxy) is 1. The summed E-state index contributed by atoms with van der Waals surface area (Å²) in [5.74, 6) is 10.9. The minimum Gasteiger partial charge on any atom is -0.494 e. The van der Waals surface area contributed by atoms with Crippen LogP contribution in [0.2, 0.25) is 0 Å². The second kappa shape index (κ2) is 9.11. The summed E-state index contributed by atoms with van der Waals surface area (Å²) < 4.78 is 5.55. The molecule has 0 atom stereocenters. The van der Waals surface area contributed by atoms with Crippen LogP contribution >= 0.6 is 12.2 Å². The Bertz CT molecular complexity index is 467. The molecule has 1 aromatic rings. The van der Waals surface area contributed by atoms with Gasteiger partial charge in [-0.15, -0.1) is 0 Å². The molecule has 0 aliphatic rings. The predicted octanol–water partition coefficient (Wildman–Crippen LogP) is 1.14. The first-order valence-electron chi connectivity index (χ1n) is 6.54. The average molecular weight is 312 g/mol. The van der Waals surface area contributed by atoms with Gasteiger partial charge in [-0.1, -0.05) is 0 Å². The van der Waals surface area contributed by atoms with E-state index in [-0.39, 0.29) is 11.5 Å². The summed E-state index contributed by atoms with van der Waals surface area (Å²) in [6.45, 7) is 0.550. The van der Waals surface area contributed by atoms with E-state index in [4.69, 9.17) is 33.7 Å². The lowest BCUT2D eigenvalue weighted by atomic mass is 10.2. The molecule has 0 saturated carbocycles. The number of nitrogens with two attached hydrogens (primary N) is 2. The Morgan fingerprint density at radius 2 is 1.95 bits per heavy atom. The second-order valence-electron chi connectivity index (χ2n) is 4.37. The van der Waals surface area contributed by atoms with Crippen LogP contribution in [0.15, 0.2) is 24.3 Å². The number of hydrogen-bond acceptors (Lipinski definition) is 5. The van der Waals surface area contributed by atoms with E-state index in [1.54, 1.807) is 24.3 Å². The third-order valence-corrected chi connectivity index (χ3v) is 3.08. The van der Waals surface area contributed by atoms with Gasteiger partial charge in [0.05, 0.1) is 12.3 Å². The zero-order chi connectivity index (χ0) is 15.7. The highest BCUT2D eigenvalue weighted by molar-refractivity contribution is 7.80. The molecule has 0 aromatic heterocycles. The van der Waals surface area contributed by atoms with Crippen molar-refractivity contribution in [2.75, 3.05) is 11.6 Å². The highest BCUT2D eigenvalue weighted by atomic mass is 32.1. The molecule has 21 heavy (non-hydrogen) atoms. The normalized spacial score (nSPS) is 10.0. The zero-order valence-corrected chi connectivity index (χ0v) is 12.4. The molecule has 7 nitrogen and oxygen atoms in total. The minimum absolute atomic E-state index is 0.204. The monoisotopic (exact) mass is 312 g/mol. The largest absolute Gasteiger partial charge is 0.494 e. The first-order valence-corrected chi connectivity index (χ1v) is 6.95. The van der Waals surface area contributed by atoms with E-state index < -0.39 is 5.97 Å². The molecule has 0 radical (unpaired) electrons. The van der Waals surface area contributed by atoms with Gasteiger partial charge in [-0.25, -0.2) is 11.7 Å². The van der Waals surface area contributed by atoms with Crippen LogP contribution < -0.4 is 26.9 Å². The lowest BCUT2D eigenvalue weighted by Crippen LogP contribution is -2.47. The molecular weight excluding hydrogens is 292 g/mol. The van der Waals surface area contributed by atoms with Gasteiger partial charge in [-0.2, -0.15) is 0 Å². The number of aliphatic carboxylic acids is 1. The Morgan fingerprint density at radius 1 is 1.29 bits per heavy atom. The summed E-state index contributed by atoms with van der Waals surface area (Å²) in [7, 11) is 0. The van der Waals surface area contributed by atoms with Crippen molar-refractivity contribution >= 4 is 29.0 Å². The zero-order valence-electron chi connectivity index (χ0n) is 11.6. The highest BCUT2D eigenvalue weighted by Gasteiger charge is 2.06. The fourth-order valence-corrected chi connectivity index (χ4v) is 1.74. The van der Waals surface area contributed by atoms with Crippen LogP contribution in [0.5, 0.6) is 5.75 Å². The van der Waals surface area contributed by atoms with E-state index in [1.165, 1.54) is 5.01 Å². The van der Waals surface area contributed by atoms with Gasteiger partial charge in [-0.3, -0.25) is 15.2 Å². The van der Waals surface area contributed by atoms with E-state index >= 15 is 0 Å². The van der Waals surface area contributed by atoms with E-state index in [1.807, 2.05) is 0 Å². The number of benzene rings is 1. The summed E-state index contributed by atoms with van der Waals surface area (Å²) in [5, 5.41) is 9.97. The van der Waals surface area contributed by atoms with Gasteiger partial charge in [-0.05, 0) is 55.7 Å². The molecule has 8 heteroatoms. The topological polar surface area (TPSA) is 114 Å². The Morgan fingerprint density at radius 3 is 2.52 bits per heavy atom. The van der Waals surface area contributed by atoms with E-state index in [2.05, 4.69) is 5.43 Å². The predicted molar refractivity (Wildman–Crippen MR) is 84.6 cm³/mol. The molecule has 1 rings (SSSR count). The van der Waals surface area contributed by atoms with Crippen molar-refractivity contribution in [3.05, 3.63) is 24.3 Å². The number of hydrogen-bond donors (Lipinski definition) is 4. The van der Waals surface area contributed by atoms with Gasteiger partial charge in [0, 0.05) is 6.42 Å². The second-order valence-corrected chi connectivity index (χ2v) is 4.75. The van der Waals surface area contributed by atoms with Crippen LogP contribution in [-0.2, 0) is 4.79 Å². The molecule has 0 saturated heterocycles. The van der Waals surface area contributed by atoms with Gasteiger partial charge in [0.15, 0.2) is 0 Å². The molecule has 116 valence electrons. The lowest BCUT2D eigenvalue weighted by Gasteiger charge is -2.18. The number of carboxylic acids is 1. The molecule has 6 N–H and O–H groups in total. The number of hydrazine groups is 2. The van der Waals surface area contributed by atoms with Crippen LogP contribution in [0, 0.1) is 0 Å². The van der Waals surface area contributed by atoms with Crippen molar-refractivity contribution < 1.29 is 14.6 Å². The maximum Gasteiger partial charge on any atom is 0.303 e. The van der Waals surface area contributed by atoms with E-state index in [0.29, 0.717) is 18.7 Å². The number of rotatable bonds is 8. The molecule has 0 fully saturated rings. The molecule has 0 aliphatic carbocycles. The summed E-state index contributed by atoms with van der Waals surface area (Å²) in [5.41, 5.74) is 2.99. The smallest absolute Gasteiger partial charge is 0.303 e. The number of unbranched alkanes of at least 4 members (excludes halogenated alkanes) is 2. The quantitative estimate of drug-likeness (QED) is 0.244. The van der Waals surface area contributed by atoms with Crippen molar-refractivity contribution in [2.45, 2.75) is 25.7 Å². The third-order valence-electron chi connectivity index (χ3n) is 2.76. The van der Waals surface area contributed by atoms with Crippen molar-refractivity contribution in [1.82, 2.24) is 5.43 Å². The van der Waals surface area contributed by atoms with Crippen molar-refractivity contribution in [3.63, 3.8) is 0 Å². The van der Waals surface area contributed by atoms with Gasteiger partial charge in [0.25, 0.3) is 0 Å². The van der Waals surface area contributed by atoms with Crippen LogP contribution in [-0.4, -0.2) is 22.8 Å². The van der Waals surface area contributed by atoms with E-state index in [0.717, 1.165) is 18.6 Å².